The number of rotatable bonds is 7. The van der Waals surface area contributed by atoms with Crippen LogP contribution in [0.1, 0.15) is 45.4 Å². The fraction of sp³-hybridized carbons (Fsp3) is 0.391. The molecule has 1 aliphatic carbocycles. The van der Waals surface area contributed by atoms with E-state index in [1.807, 2.05) is 4.57 Å². The van der Waals surface area contributed by atoms with Crippen LogP contribution in [0.5, 0.6) is 0 Å². The molecule has 3 aromatic rings. The molecule has 4 rings (SSSR count). The molecule has 0 saturated carbocycles. The number of anilines is 1. The number of halogens is 1. The van der Waals surface area contributed by atoms with Gasteiger partial charge >= 0.3 is 0 Å². The van der Waals surface area contributed by atoms with Gasteiger partial charge in [-0.3, -0.25) is 4.98 Å². The van der Waals surface area contributed by atoms with E-state index in [0.29, 0.717) is 40.8 Å². The van der Waals surface area contributed by atoms with Gasteiger partial charge < -0.3 is 10.3 Å². The first-order valence-corrected chi connectivity index (χ1v) is 10.6. The molecule has 156 valence electrons. The number of imidazole rings is 1. The molecular weight excluding hydrogens is 379 g/mol. The minimum Gasteiger partial charge on any atom is -0.382 e. The molecule has 0 bridgehead atoms. The van der Waals surface area contributed by atoms with E-state index in [2.05, 4.69) is 42.0 Å². The zero-order valence-corrected chi connectivity index (χ0v) is 17.5. The van der Waals surface area contributed by atoms with Gasteiger partial charge in [-0.2, -0.15) is 0 Å². The van der Waals surface area contributed by atoms with Gasteiger partial charge in [0.15, 0.2) is 17.0 Å². The summed E-state index contributed by atoms with van der Waals surface area (Å²) < 4.78 is 15.9. The highest BCUT2D eigenvalue weighted by atomic mass is 19.1. The zero-order valence-electron chi connectivity index (χ0n) is 17.5. The smallest absolute Gasteiger partial charge is 0.166 e. The number of allylic oxidation sites excluding steroid dienone is 4. The Morgan fingerprint density at radius 3 is 2.83 bits per heavy atom. The minimum absolute atomic E-state index is 0.359. The number of nitrogens with two attached hydrogens (primary N) is 1. The van der Waals surface area contributed by atoms with Crippen LogP contribution < -0.4 is 5.73 Å². The van der Waals surface area contributed by atoms with Gasteiger partial charge in [-0.25, -0.2) is 19.3 Å². The lowest BCUT2D eigenvalue weighted by atomic mass is 9.98. The van der Waals surface area contributed by atoms with E-state index in [0.717, 1.165) is 37.9 Å². The second kappa shape index (κ2) is 8.73. The van der Waals surface area contributed by atoms with Gasteiger partial charge in [0.05, 0.1) is 12.7 Å². The van der Waals surface area contributed by atoms with Crippen molar-refractivity contribution in [2.24, 2.45) is 5.92 Å². The fourth-order valence-electron chi connectivity index (χ4n) is 3.83. The summed E-state index contributed by atoms with van der Waals surface area (Å²) in [5.74, 6) is 1.74. The summed E-state index contributed by atoms with van der Waals surface area (Å²) in [5.41, 5.74) is 9.25. The molecule has 3 aromatic heterocycles. The number of fused-ring (bicyclic) bond motifs is 1. The molecule has 0 fully saturated rings. The molecular formula is C23H27FN6. The maximum atomic E-state index is 13.9. The molecule has 2 N–H and O–H groups in total. The SMILES string of the molecule is CCCCCc1nc(N)c2nc(-c3cncc(F)c3)n(CC3=CC(C)CC=C3)c2n1. The third kappa shape index (κ3) is 4.25. The highest BCUT2D eigenvalue weighted by Gasteiger charge is 2.19. The molecule has 30 heavy (non-hydrogen) atoms. The number of hydrogen-bond donors (Lipinski definition) is 1. The summed E-state index contributed by atoms with van der Waals surface area (Å²) in [6, 6.07) is 1.43. The lowest BCUT2D eigenvalue weighted by Gasteiger charge is -2.15. The molecule has 7 heteroatoms. The summed E-state index contributed by atoms with van der Waals surface area (Å²) in [6.45, 7) is 4.94. The normalized spacial score (nSPS) is 16.2. The summed E-state index contributed by atoms with van der Waals surface area (Å²) >= 11 is 0. The van der Waals surface area contributed by atoms with Gasteiger partial charge in [-0.1, -0.05) is 44.9 Å². The van der Waals surface area contributed by atoms with E-state index >= 15 is 0 Å². The first-order valence-electron chi connectivity index (χ1n) is 10.6. The number of pyridine rings is 1. The van der Waals surface area contributed by atoms with Crippen LogP contribution in [0, 0.1) is 11.7 Å². The van der Waals surface area contributed by atoms with Gasteiger partial charge in [0, 0.05) is 18.2 Å². The van der Waals surface area contributed by atoms with Crippen molar-refractivity contribution in [2.75, 3.05) is 5.73 Å². The number of unbranched alkanes of at least 4 members (excludes halogenated alkanes) is 2. The summed E-state index contributed by atoms with van der Waals surface area (Å²) in [6.07, 6.45) is 14.4. The average molecular weight is 407 g/mol. The lowest BCUT2D eigenvalue weighted by Crippen LogP contribution is -2.08. The Balaban J connectivity index is 1.84. The van der Waals surface area contributed by atoms with Crippen molar-refractivity contribution >= 4 is 17.0 Å². The molecule has 1 atom stereocenters. The molecule has 3 heterocycles. The Kier molecular flexibility index (Phi) is 5.88. The molecule has 1 aliphatic rings. The highest BCUT2D eigenvalue weighted by Crippen LogP contribution is 2.29. The van der Waals surface area contributed by atoms with Crippen molar-refractivity contribution < 1.29 is 4.39 Å². The predicted octanol–water partition coefficient (Wildman–Crippen LogP) is 4.86. The molecule has 1 unspecified atom stereocenters. The number of hydrogen-bond acceptors (Lipinski definition) is 5. The van der Waals surface area contributed by atoms with E-state index < -0.39 is 5.82 Å². The lowest BCUT2D eigenvalue weighted by molar-refractivity contribution is 0.621. The van der Waals surface area contributed by atoms with Crippen molar-refractivity contribution in [2.45, 2.75) is 52.5 Å². The Hall–Kier alpha value is -3.09. The van der Waals surface area contributed by atoms with Gasteiger partial charge in [0.1, 0.15) is 17.5 Å². The van der Waals surface area contributed by atoms with Gasteiger partial charge in [0.25, 0.3) is 0 Å². The summed E-state index contributed by atoms with van der Waals surface area (Å²) in [4.78, 5) is 18.0. The van der Waals surface area contributed by atoms with Crippen LogP contribution in [-0.4, -0.2) is 24.5 Å². The third-order valence-electron chi connectivity index (χ3n) is 5.31. The maximum absolute atomic E-state index is 13.9. The molecule has 0 aliphatic heterocycles. The predicted molar refractivity (Wildman–Crippen MR) is 117 cm³/mol. The topological polar surface area (TPSA) is 82.5 Å². The van der Waals surface area contributed by atoms with E-state index in [9.17, 15) is 4.39 Å². The van der Waals surface area contributed by atoms with Crippen LogP contribution in [0.3, 0.4) is 0 Å². The fourth-order valence-corrected chi connectivity index (χ4v) is 3.83. The standard InChI is InChI=1S/C23H27FN6/c1-3-4-5-9-19-27-21(25)20-23(28-19)30(14-16-8-6-7-15(2)10-16)22(29-20)17-11-18(24)13-26-12-17/h6,8,10-13,15H,3-5,7,9,14H2,1-2H3,(H2,25,27,28). The Morgan fingerprint density at radius 2 is 2.07 bits per heavy atom. The molecule has 0 aromatic carbocycles. The second-order valence-electron chi connectivity index (χ2n) is 7.92. The molecule has 0 spiro atoms. The van der Waals surface area contributed by atoms with Crippen molar-refractivity contribution in [3.8, 4) is 11.4 Å². The molecule has 0 saturated heterocycles. The quantitative estimate of drug-likeness (QED) is 0.566. The van der Waals surface area contributed by atoms with E-state index in [1.165, 1.54) is 17.8 Å². The van der Waals surface area contributed by atoms with Crippen molar-refractivity contribution in [3.05, 3.63) is 53.9 Å². The van der Waals surface area contributed by atoms with E-state index in [4.69, 9.17) is 15.7 Å². The molecule has 0 radical (unpaired) electrons. The monoisotopic (exact) mass is 406 g/mol. The van der Waals surface area contributed by atoms with Crippen molar-refractivity contribution in [1.29, 1.82) is 0 Å². The molecule has 0 amide bonds. The Labute approximate surface area is 175 Å². The van der Waals surface area contributed by atoms with Crippen molar-refractivity contribution in [1.82, 2.24) is 24.5 Å². The maximum Gasteiger partial charge on any atom is 0.166 e. The minimum atomic E-state index is -0.407. The van der Waals surface area contributed by atoms with Crippen LogP contribution in [0.4, 0.5) is 10.2 Å². The van der Waals surface area contributed by atoms with Gasteiger partial charge in [-0.15, -0.1) is 0 Å². The van der Waals surface area contributed by atoms with Crippen LogP contribution in [0.25, 0.3) is 22.6 Å². The number of nitrogens with zero attached hydrogens (tertiary/aromatic N) is 5. The average Bonchev–Trinajstić information content (AvgIpc) is 3.07. The van der Waals surface area contributed by atoms with Crippen LogP contribution in [-0.2, 0) is 13.0 Å². The Bertz CT molecular complexity index is 1110. The number of nitrogen functional groups attached to an aromatic ring is 1. The van der Waals surface area contributed by atoms with Crippen LogP contribution in [0.15, 0.2) is 42.3 Å². The number of aryl methyl sites for hydroxylation is 1. The second-order valence-corrected chi connectivity index (χ2v) is 7.92. The molecule has 6 nitrogen and oxygen atoms in total. The van der Waals surface area contributed by atoms with Crippen molar-refractivity contribution in [3.63, 3.8) is 0 Å². The van der Waals surface area contributed by atoms with Crippen LogP contribution >= 0.6 is 0 Å². The number of aromatic nitrogens is 5. The zero-order chi connectivity index (χ0) is 21.1. The van der Waals surface area contributed by atoms with Gasteiger partial charge in [0.2, 0.25) is 0 Å². The third-order valence-corrected chi connectivity index (χ3v) is 5.31. The highest BCUT2D eigenvalue weighted by molar-refractivity contribution is 5.85. The summed E-state index contributed by atoms with van der Waals surface area (Å²) in [5, 5.41) is 0. The first-order chi connectivity index (χ1) is 14.5. The summed E-state index contributed by atoms with van der Waals surface area (Å²) in [7, 11) is 0. The van der Waals surface area contributed by atoms with E-state index in [-0.39, 0.29) is 0 Å². The van der Waals surface area contributed by atoms with Crippen LogP contribution in [0.2, 0.25) is 0 Å². The van der Waals surface area contributed by atoms with E-state index in [1.54, 1.807) is 6.20 Å². The van der Waals surface area contributed by atoms with Gasteiger partial charge in [-0.05, 0) is 30.4 Å². The Morgan fingerprint density at radius 1 is 1.20 bits per heavy atom. The largest absolute Gasteiger partial charge is 0.382 e. The first kappa shape index (κ1) is 20.2.